The second-order valence-electron chi connectivity index (χ2n) is 3.27. The third kappa shape index (κ3) is 1.70. The van der Waals surface area contributed by atoms with Crippen molar-refractivity contribution in [2.45, 2.75) is 13.8 Å². The summed E-state index contributed by atoms with van der Waals surface area (Å²) in [5, 5.41) is 0. The van der Waals surface area contributed by atoms with Gasteiger partial charge >= 0.3 is 5.56 Å². The Labute approximate surface area is 86.9 Å². The molecule has 0 amide bonds. The molecular formula is C11H12N2O2. The average Bonchev–Trinajstić information content (AvgIpc) is 2.21. The number of hydrogen-bond donors (Lipinski definition) is 1. The molecule has 0 radical (unpaired) electrons. The van der Waals surface area contributed by atoms with Gasteiger partial charge in [0.2, 0.25) is 0 Å². The van der Waals surface area contributed by atoms with E-state index in [0.29, 0.717) is 6.61 Å². The highest BCUT2D eigenvalue weighted by Gasteiger charge is 2.05. The van der Waals surface area contributed by atoms with Crippen LogP contribution >= 0.6 is 0 Å². The Morgan fingerprint density at radius 1 is 1.47 bits per heavy atom. The fourth-order valence-electron chi connectivity index (χ4n) is 1.47. The van der Waals surface area contributed by atoms with Crippen molar-refractivity contribution < 1.29 is 4.74 Å². The molecule has 78 valence electrons. The monoisotopic (exact) mass is 204 g/mol. The minimum Gasteiger partial charge on any atom is -0.474 e. The van der Waals surface area contributed by atoms with E-state index in [1.54, 1.807) is 0 Å². The lowest BCUT2D eigenvalue weighted by atomic mass is 10.2. The number of benzene rings is 1. The maximum Gasteiger partial charge on any atom is 0.311 e. The van der Waals surface area contributed by atoms with Crippen molar-refractivity contribution in [3.05, 3.63) is 34.1 Å². The Bertz CT molecular complexity index is 546. The molecule has 0 bridgehead atoms. The number of rotatable bonds is 2. The van der Waals surface area contributed by atoms with Gasteiger partial charge in [-0.15, -0.1) is 0 Å². The Kier molecular flexibility index (Phi) is 2.41. The zero-order chi connectivity index (χ0) is 10.8. The molecule has 1 aromatic carbocycles. The normalized spacial score (nSPS) is 10.5. The van der Waals surface area contributed by atoms with Gasteiger partial charge in [-0.25, -0.2) is 4.98 Å². The van der Waals surface area contributed by atoms with Crippen molar-refractivity contribution in [1.29, 1.82) is 0 Å². The number of aryl methyl sites for hydroxylation is 1. The van der Waals surface area contributed by atoms with Gasteiger partial charge in [0.1, 0.15) is 0 Å². The summed E-state index contributed by atoms with van der Waals surface area (Å²) < 4.78 is 5.13. The van der Waals surface area contributed by atoms with Crippen LogP contribution in [0, 0.1) is 6.92 Å². The summed E-state index contributed by atoms with van der Waals surface area (Å²) in [4.78, 5) is 18.5. The molecular weight excluding hydrogens is 192 g/mol. The number of H-pyrrole nitrogens is 1. The highest BCUT2D eigenvalue weighted by molar-refractivity contribution is 5.77. The van der Waals surface area contributed by atoms with Crippen LogP contribution in [0.2, 0.25) is 0 Å². The SMILES string of the molecule is CCOc1nc2cccc(C)c2[nH]c1=O. The van der Waals surface area contributed by atoms with E-state index in [4.69, 9.17) is 4.74 Å². The molecule has 0 saturated heterocycles. The summed E-state index contributed by atoms with van der Waals surface area (Å²) in [5.74, 6) is 0.135. The van der Waals surface area contributed by atoms with Gasteiger partial charge in [0.25, 0.3) is 5.88 Å². The van der Waals surface area contributed by atoms with Crippen LogP contribution in [-0.4, -0.2) is 16.6 Å². The van der Waals surface area contributed by atoms with Crippen molar-refractivity contribution in [3.8, 4) is 5.88 Å². The Hall–Kier alpha value is -1.84. The number of ether oxygens (including phenoxy) is 1. The van der Waals surface area contributed by atoms with E-state index < -0.39 is 0 Å². The van der Waals surface area contributed by atoms with Gasteiger partial charge in [0.05, 0.1) is 17.6 Å². The van der Waals surface area contributed by atoms with Crippen LogP contribution < -0.4 is 10.3 Å². The van der Waals surface area contributed by atoms with Gasteiger partial charge in [-0.05, 0) is 25.5 Å². The van der Waals surface area contributed by atoms with Crippen molar-refractivity contribution in [1.82, 2.24) is 9.97 Å². The van der Waals surface area contributed by atoms with Crippen molar-refractivity contribution in [3.63, 3.8) is 0 Å². The first kappa shape index (κ1) is 9.71. The van der Waals surface area contributed by atoms with Crippen LogP contribution in [0.25, 0.3) is 11.0 Å². The number of hydrogen-bond acceptors (Lipinski definition) is 3. The number of nitrogens with zero attached hydrogens (tertiary/aromatic N) is 1. The second kappa shape index (κ2) is 3.73. The van der Waals surface area contributed by atoms with Crippen LogP contribution in [0.3, 0.4) is 0 Å². The third-order valence-electron chi connectivity index (χ3n) is 2.19. The summed E-state index contributed by atoms with van der Waals surface area (Å²) in [5.41, 5.74) is 2.24. The lowest BCUT2D eigenvalue weighted by molar-refractivity contribution is 0.323. The van der Waals surface area contributed by atoms with E-state index in [1.165, 1.54) is 0 Å². The Morgan fingerprint density at radius 3 is 3.00 bits per heavy atom. The first-order chi connectivity index (χ1) is 7.22. The quantitative estimate of drug-likeness (QED) is 0.808. The maximum atomic E-state index is 11.5. The van der Waals surface area contributed by atoms with E-state index in [9.17, 15) is 4.79 Å². The molecule has 0 spiro atoms. The summed E-state index contributed by atoms with van der Waals surface area (Å²) in [6.07, 6.45) is 0. The highest BCUT2D eigenvalue weighted by Crippen LogP contribution is 2.13. The molecule has 1 heterocycles. The van der Waals surface area contributed by atoms with Gasteiger partial charge in [0.15, 0.2) is 0 Å². The van der Waals surface area contributed by atoms with Crippen molar-refractivity contribution >= 4 is 11.0 Å². The molecule has 0 saturated carbocycles. The summed E-state index contributed by atoms with van der Waals surface area (Å²) in [6.45, 7) is 4.19. The van der Waals surface area contributed by atoms with Crippen LogP contribution in [0.5, 0.6) is 5.88 Å². The van der Waals surface area contributed by atoms with E-state index in [1.807, 2.05) is 32.0 Å². The molecule has 0 unspecified atom stereocenters. The van der Waals surface area contributed by atoms with Crippen molar-refractivity contribution in [2.75, 3.05) is 6.61 Å². The molecule has 0 aliphatic carbocycles. The van der Waals surface area contributed by atoms with Crippen LogP contribution in [0.4, 0.5) is 0 Å². The zero-order valence-corrected chi connectivity index (χ0v) is 8.70. The van der Waals surface area contributed by atoms with Gasteiger partial charge in [-0.1, -0.05) is 12.1 Å². The fraction of sp³-hybridized carbons (Fsp3) is 0.273. The smallest absolute Gasteiger partial charge is 0.311 e. The third-order valence-corrected chi connectivity index (χ3v) is 2.19. The highest BCUT2D eigenvalue weighted by atomic mass is 16.5. The summed E-state index contributed by atoms with van der Waals surface area (Å²) in [6, 6.07) is 5.68. The number of aromatic nitrogens is 2. The lowest BCUT2D eigenvalue weighted by Gasteiger charge is -2.04. The van der Waals surface area contributed by atoms with Crippen LogP contribution in [0.1, 0.15) is 12.5 Å². The molecule has 15 heavy (non-hydrogen) atoms. The van der Waals surface area contributed by atoms with Gasteiger partial charge in [-0.3, -0.25) is 4.79 Å². The number of nitrogens with one attached hydrogen (secondary N) is 1. The van der Waals surface area contributed by atoms with Crippen molar-refractivity contribution in [2.24, 2.45) is 0 Å². The predicted molar refractivity (Wildman–Crippen MR) is 58.3 cm³/mol. The lowest BCUT2D eigenvalue weighted by Crippen LogP contribution is -2.13. The number of aromatic amines is 1. The van der Waals surface area contributed by atoms with Gasteiger partial charge in [-0.2, -0.15) is 0 Å². The molecule has 2 aromatic rings. The minimum absolute atomic E-state index is 0.135. The van der Waals surface area contributed by atoms with E-state index in [-0.39, 0.29) is 11.4 Å². The Morgan fingerprint density at radius 2 is 2.27 bits per heavy atom. The summed E-state index contributed by atoms with van der Waals surface area (Å²) >= 11 is 0. The second-order valence-corrected chi connectivity index (χ2v) is 3.27. The maximum absolute atomic E-state index is 11.5. The molecule has 0 aliphatic heterocycles. The summed E-state index contributed by atoms with van der Waals surface area (Å²) in [7, 11) is 0. The molecule has 2 rings (SSSR count). The fourth-order valence-corrected chi connectivity index (χ4v) is 1.47. The Balaban J connectivity index is 2.71. The minimum atomic E-state index is -0.279. The first-order valence-corrected chi connectivity index (χ1v) is 4.85. The zero-order valence-electron chi connectivity index (χ0n) is 8.70. The first-order valence-electron chi connectivity index (χ1n) is 4.85. The molecule has 0 aliphatic rings. The number of para-hydroxylation sites is 1. The van der Waals surface area contributed by atoms with E-state index in [2.05, 4.69) is 9.97 Å². The molecule has 1 aromatic heterocycles. The molecule has 0 fully saturated rings. The standard InChI is InChI=1S/C11H12N2O2/c1-3-15-11-10(14)13-9-7(2)5-4-6-8(9)12-11/h4-6H,3H2,1-2H3,(H,13,14). The molecule has 4 nitrogen and oxygen atoms in total. The van der Waals surface area contributed by atoms with Gasteiger partial charge < -0.3 is 9.72 Å². The average molecular weight is 204 g/mol. The molecule has 0 atom stereocenters. The van der Waals surface area contributed by atoms with E-state index in [0.717, 1.165) is 16.6 Å². The number of fused-ring (bicyclic) bond motifs is 1. The van der Waals surface area contributed by atoms with Gasteiger partial charge in [0, 0.05) is 0 Å². The van der Waals surface area contributed by atoms with E-state index >= 15 is 0 Å². The van der Waals surface area contributed by atoms with Crippen LogP contribution in [-0.2, 0) is 0 Å². The topological polar surface area (TPSA) is 55.0 Å². The predicted octanol–water partition coefficient (Wildman–Crippen LogP) is 1.63. The van der Waals surface area contributed by atoms with Crippen LogP contribution in [0.15, 0.2) is 23.0 Å². The molecule has 1 N–H and O–H groups in total. The largest absolute Gasteiger partial charge is 0.474 e. The molecule has 4 heteroatoms.